The Labute approximate surface area is 113 Å². The van der Waals surface area contributed by atoms with Gasteiger partial charge in [-0.15, -0.1) is 0 Å². The maximum absolute atomic E-state index is 12.3. The zero-order chi connectivity index (χ0) is 13.7. The summed E-state index contributed by atoms with van der Waals surface area (Å²) in [6.07, 6.45) is 3.14. The lowest BCUT2D eigenvalue weighted by atomic mass is 9.98. The summed E-state index contributed by atoms with van der Waals surface area (Å²) in [5.74, 6) is 0.376. The molecular formula is C13H22N4O2. The number of nitrogens with zero attached hydrogens (tertiary/aromatic N) is 2. The molecule has 0 aromatic rings. The van der Waals surface area contributed by atoms with Crippen molar-refractivity contribution in [3.8, 4) is 0 Å². The minimum atomic E-state index is -0.115. The summed E-state index contributed by atoms with van der Waals surface area (Å²) < 4.78 is 0. The van der Waals surface area contributed by atoms with Crippen LogP contribution < -0.4 is 10.7 Å². The van der Waals surface area contributed by atoms with Gasteiger partial charge in [0.2, 0.25) is 5.91 Å². The van der Waals surface area contributed by atoms with E-state index in [1.807, 2.05) is 11.8 Å². The molecule has 0 aromatic heterocycles. The van der Waals surface area contributed by atoms with E-state index in [2.05, 4.69) is 15.8 Å². The second-order valence-electron chi connectivity index (χ2n) is 5.15. The van der Waals surface area contributed by atoms with Crippen LogP contribution in [0.3, 0.4) is 0 Å². The molecule has 2 aliphatic heterocycles. The van der Waals surface area contributed by atoms with Crippen LogP contribution in [0.4, 0.5) is 0 Å². The topological polar surface area (TPSA) is 73.8 Å². The van der Waals surface area contributed by atoms with Crippen LogP contribution in [0.5, 0.6) is 0 Å². The zero-order valence-electron chi connectivity index (χ0n) is 11.4. The van der Waals surface area contributed by atoms with Gasteiger partial charge in [-0.3, -0.25) is 9.59 Å². The molecule has 1 atom stereocenters. The number of hydrazone groups is 1. The lowest BCUT2D eigenvalue weighted by Gasteiger charge is -2.30. The number of rotatable bonds is 4. The van der Waals surface area contributed by atoms with Gasteiger partial charge in [0, 0.05) is 25.9 Å². The van der Waals surface area contributed by atoms with Crippen molar-refractivity contribution in [2.45, 2.75) is 32.6 Å². The zero-order valence-corrected chi connectivity index (χ0v) is 11.4. The Morgan fingerprint density at radius 3 is 2.89 bits per heavy atom. The number of carbonyl (C=O) groups is 2. The standard InChI is InChI=1S/C13H22N4O2/c1-2-17(9-10-4-3-7-14-8-10)13(19)11-5-6-12(18)16-15-11/h10,14H,2-9H2,1H3,(H,16,18). The van der Waals surface area contributed by atoms with Gasteiger partial charge in [0.25, 0.3) is 5.91 Å². The molecule has 1 fully saturated rings. The van der Waals surface area contributed by atoms with E-state index in [0.717, 1.165) is 19.6 Å². The van der Waals surface area contributed by atoms with Gasteiger partial charge in [-0.2, -0.15) is 5.10 Å². The summed E-state index contributed by atoms with van der Waals surface area (Å²) in [6.45, 7) is 5.50. The summed E-state index contributed by atoms with van der Waals surface area (Å²) in [5, 5.41) is 7.25. The van der Waals surface area contributed by atoms with E-state index in [0.29, 0.717) is 31.0 Å². The molecule has 0 aromatic carbocycles. The van der Waals surface area contributed by atoms with Crippen molar-refractivity contribution in [1.82, 2.24) is 15.6 Å². The van der Waals surface area contributed by atoms with Gasteiger partial charge >= 0.3 is 0 Å². The fourth-order valence-corrected chi connectivity index (χ4v) is 2.56. The molecule has 2 amide bonds. The van der Waals surface area contributed by atoms with E-state index >= 15 is 0 Å². The Hall–Kier alpha value is -1.43. The van der Waals surface area contributed by atoms with Crippen molar-refractivity contribution in [3.63, 3.8) is 0 Å². The third-order valence-electron chi connectivity index (χ3n) is 3.70. The number of nitrogens with one attached hydrogen (secondary N) is 2. The van der Waals surface area contributed by atoms with Crippen LogP contribution in [0.25, 0.3) is 0 Å². The van der Waals surface area contributed by atoms with E-state index in [4.69, 9.17) is 0 Å². The van der Waals surface area contributed by atoms with Crippen LogP contribution in [0.2, 0.25) is 0 Å². The van der Waals surface area contributed by atoms with E-state index in [1.165, 1.54) is 12.8 Å². The first-order chi connectivity index (χ1) is 9.20. The first-order valence-corrected chi connectivity index (χ1v) is 7.06. The van der Waals surface area contributed by atoms with Crippen molar-refractivity contribution < 1.29 is 9.59 Å². The van der Waals surface area contributed by atoms with Crippen molar-refractivity contribution in [2.24, 2.45) is 11.0 Å². The molecule has 106 valence electrons. The molecule has 0 spiro atoms. The molecule has 19 heavy (non-hydrogen) atoms. The minimum absolute atomic E-state index is 0.0342. The molecule has 2 N–H and O–H groups in total. The largest absolute Gasteiger partial charge is 0.337 e. The quantitative estimate of drug-likeness (QED) is 0.758. The number of carbonyl (C=O) groups excluding carboxylic acids is 2. The molecule has 2 rings (SSSR count). The van der Waals surface area contributed by atoms with Crippen LogP contribution >= 0.6 is 0 Å². The van der Waals surface area contributed by atoms with Gasteiger partial charge in [-0.05, 0) is 38.8 Å². The molecule has 1 saturated heterocycles. The molecular weight excluding hydrogens is 244 g/mol. The van der Waals surface area contributed by atoms with Gasteiger partial charge in [-0.1, -0.05) is 0 Å². The third-order valence-corrected chi connectivity index (χ3v) is 3.70. The van der Waals surface area contributed by atoms with Crippen LogP contribution in [0.1, 0.15) is 32.6 Å². The summed E-state index contributed by atoms with van der Waals surface area (Å²) in [5.41, 5.74) is 2.86. The second-order valence-corrected chi connectivity index (χ2v) is 5.15. The molecule has 6 heteroatoms. The highest BCUT2D eigenvalue weighted by atomic mass is 16.2. The van der Waals surface area contributed by atoms with E-state index < -0.39 is 0 Å². The lowest BCUT2D eigenvalue weighted by molar-refractivity contribution is -0.125. The highest BCUT2D eigenvalue weighted by Crippen LogP contribution is 2.13. The van der Waals surface area contributed by atoms with E-state index in [-0.39, 0.29) is 11.8 Å². The number of hydrogen-bond donors (Lipinski definition) is 2. The molecule has 0 saturated carbocycles. The number of amides is 2. The van der Waals surface area contributed by atoms with Crippen LogP contribution in [0.15, 0.2) is 5.10 Å². The second kappa shape index (κ2) is 6.65. The number of hydrogen-bond acceptors (Lipinski definition) is 4. The maximum Gasteiger partial charge on any atom is 0.270 e. The Balaban J connectivity index is 1.92. The van der Waals surface area contributed by atoms with Gasteiger partial charge in [0.15, 0.2) is 0 Å². The average molecular weight is 266 g/mol. The molecule has 0 aliphatic carbocycles. The lowest BCUT2D eigenvalue weighted by Crippen LogP contribution is -2.45. The van der Waals surface area contributed by atoms with Gasteiger partial charge in [0.1, 0.15) is 5.71 Å². The molecule has 0 bridgehead atoms. The van der Waals surface area contributed by atoms with Crippen molar-refractivity contribution in [2.75, 3.05) is 26.2 Å². The van der Waals surface area contributed by atoms with Crippen LogP contribution in [-0.4, -0.2) is 48.6 Å². The Bertz CT molecular complexity index is 375. The Kier molecular flexibility index (Phi) is 4.90. The van der Waals surface area contributed by atoms with Gasteiger partial charge in [-0.25, -0.2) is 5.43 Å². The maximum atomic E-state index is 12.3. The monoisotopic (exact) mass is 266 g/mol. The predicted octanol–water partition coefficient (Wildman–Crippen LogP) is 0.101. The molecule has 2 aliphatic rings. The average Bonchev–Trinajstić information content (AvgIpc) is 2.46. The smallest absolute Gasteiger partial charge is 0.270 e. The number of piperidine rings is 1. The third kappa shape index (κ3) is 3.76. The molecule has 1 unspecified atom stereocenters. The van der Waals surface area contributed by atoms with E-state index in [1.54, 1.807) is 0 Å². The first kappa shape index (κ1) is 14.0. The summed E-state index contributed by atoms with van der Waals surface area (Å²) in [4.78, 5) is 25.2. The van der Waals surface area contributed by atoms with Crippen LogP contribution in [-0.2, 0) is 9.59 Å². The fourth-order valence-electron chi connectivity index (χ4n) is 2.56. The summed E-state index contributed by atoms with van der Waals surface area (Å²) in [6, 6.07) is 0. The predicted molar refractivity (Wildman–Crippen MR) is 72.7 cm³/mol. The SMILES string of the molecule is CCN(CC1CCCNC1)C(=O)C1=NNC(=O)CC1. The molecule has 0 radical (unpaired) electrons. The van der Waals surface area contributed by atoms with Gasteiger partial charge < -0.3 is 10.2 Å². The molecule has 6 nitrogen and oxygen atoms in total. The van der Waals surface area contributed by atoms with E-state index in [9.17, 15) is 9.59 Å². The van der Waals surface area contributed by atoms with Gasteiger partial charge in [0.05, 0.1) is 0 Å². The Morgan fingerprint density at radius 1 is 1.47 bits per heavy atom. The fraction of sp³-hybridized carbons (Fsp3) is 0.769. The minimum Gasteiger partial charge on any atom is -0.337 e. The summed E-state index contributed by atoms with van der Waals surface area (Å²) in [7, 11) is 0. The first-order valence-electron chi connectivity index (χ1n) is 7.06. The highest BCUT2D eigenvalue weighted by Gasteiger charge is 2.25. The molecule has 2 heterocycles. The highest BCUT2D eigenvalue weighted by molar-refractivity contribution is 6.39. The van der Waals surface area contributed by atoms with Crippen molar-refractivity contribution in [3.05, 3.63) is 0 Å². The van der Waals surface area contributed by atoms with Crippen molar-refractivity contribution >= 4 is 17.5 Å². The summed E-state index contributed by atoms with van der Waals surface area (Å²) >= 11 is 0. The van der Waals surface area contributed by atoms with Crippen molar-refractivity contribution in [1.29, 1.82) is 0 Å². The Morgan fingerprint density at radius 2 is 2.32 bits per heavy atom. The normalized spacial score (nSPS) is 23.5. The van der Waals surface area contributed by atoms with Crippen LogP contribution in [0, 0.1) is 5.92 Å².